The molecule has 2 aromatic carbocycles. The maximum atomic E-state index is 12.8. The molecule has 2 amide bonds. The second-order valence-corrected chi connectivity index (χ2v) is 7.34. The third-order valence-electron chi connectivity index (χ3n) is 4.97. The molecule has 1 aliphatic rings. The van der Waals surface area contributed by atoms with Crippen LogP contribution < -0.4 is 10.1 Å². The quantitative estimate of drug-likeness (QED) is 0.586. The lowest BCUT2D eigenvalue weighted by Crippen LogP contribution is -2.31. The molecular weight excluding hydrogens is 437 g/mol. The number of benzene rings is 2. The molecule has 2 heterocycles. The molecule has 0 aliphatic carbocycles. The molecule has 1 aromatic heterocycles. The second-order valence-electron chi connectivity index (χ2n) is 7.34. The van der Waals surface area contributed by atoms with Gasteiger partial charge in [-0.05, 0) is 55.0 Å². The molecule has 11 heteroatoms. The van der Waals surface area contributed by atoms with Crippen molar-refractivity contribution in [3.63, 3.8) is 0 Å². The molecule has 0 saturated heterocycles. The number of rotatable bonds is 6. The Bertz CT molecular complexity index is 1110. The van der Waals surface area contributed by atoms with Gasteiger partial charge in [0.25, 0.3) is 0 Å². The summed E-state index contributed by atoms with van der Waals surface area (Å²) in [5.41, 5.74) is 0.820. The van der Waals surface area contributed by atoms with Crippen molar-refractivity contribution in [1.29, 1.82) is 0 Å². The van der Waals surface area contributed by atoms with Gasteiger partial charge in [0.15, 0.2) is 0 Å². The van der Waals surface area contributed by atoms with E-state index >= 15 is 0 Å². The Labute approximate surface area is 187 Å². The summed E-state index contributed by atoms with van der Waals surface area (Å²) in [6, 6.07) is 10.6. The Morgan fingerprint density at radius 1 is 1.15 bits per heavy atom. The number of ether oxygens (including phenoxy) is 1. The zero-order chi connectivity index (χ0) is 23.4. The predicted octanol–water partition coefficient (Wildman–Crippen LogP) is 4.58. The molecule has 3 aromatic rings. The minimum absolute atomic E-state index is 0.180. The first-order valence-corrected chi connectivity index (χ1v) is 10.3. The van der Waals surface area contributed by atoms with Gasteiger partial charge in [-0.2, -0.15) is 23.4 Å². The van der Waals surface area contributed by atoms with Crippen molar-refractivity contribution in [3.05, 3.63) is 72.3 Å². The van der Waals surface area contributed by atoms with Crippen molar-refractivity contribution in [3.8, 4) is 5.75 Å². The summed E-state index contributed by atoms with van der Waals surface area (Å²) in [6.45, 7) is 2.81. The fourth-order valence-corrected chi connectivity index (χ4v) is 3.33. The van der Waals surface area contributed by atoms with E-state index in [-0.39, 0.29) is 18.3 Å². The zero-order valence-corrected chi connectivity index (χ0v) is 17.7. The van der Waals surface area contributed by atoms with E-state index in [9.17, 15) is 18.0 Å². The number of hydrogen-bond acceptors (Lipinski definition) is 5. The standard InChI is InChI=1S/C22H21F3N6O2/c1-2-11-33-18-9-3-15(4-10-18)20-19(31-14-26-13-27-31)12-30(29-20)21(32)28-17-7-5-16(6-8-17)22(23,24)25/h3-10,13-14,19H,2,11-12H2,1H3,(H,28,32). The average molecular weight is 458 g/mol. The van der Waals surface area contributed by atoms with Crippen molar-refractivity contribution in [2.75, 3.05) is 18.5 Å². The Morgan fingerprint density at radius 3 is 2.48 bits per heavy atom. The smallest absolute Gasteiger partial charge is 0.416 e. The minimum atomic E-state index is -4.45. The molecule has 33 heavy (non-hydrogen) atoms. The van der Waals surface area contributed by atoms with Gasteiger partial charge < -0.3 is 10.1 Å². The minimum Gasteiger partial charge on any atom is -0.494 e. The fraction of sp³-hybridized carbons (Fsp3) is 0.273. The van der Waals surface area contributed by atoms with E-state index < -0.39 is 17.8 Å². The molecule has 0 spiro atoms. The van der Waals surface area contributed by atoms with Crippen LogP contribution in [0.2, 0.25) is 0 Å². The third kappa shape index (κ3) is 5.13. The second kappa shape index (κ2) is 9.31. The number of halogens is 3. The number of urea groups is 1. The van der Waals surface area contributed by atoms with Crippen LogP contribution in [0, 0.1) is 0 Å². The highest BCUT2D eigenvalue weighted by atomic mass is 19.4. The number of anilines is 1. The van der Waals surface area contributed by atoms with Crippen LogP contribution in [0.4, 0.5) is 23.7 Å². The highest BCUT2D eigenvalue weighted by molar-refractivity contribution is 6.06. The molecule has 1 unspecified atom stereocenters. The number of carbonyl (C=O) groups excluding carboxylic acids is 1. The molecule has 0 radical (unpaired) electrons. The lowest BCUT2D eigenvalue weighted by molar-refractivity contribution is -0.137. The van der Waals surface area contributed by atoms with Crippen LogP contribution in [0.25, 0.3) is 0 Å². The molecular formula is C22H21F3N6O2. The first-order valence-electron chi connectivity index (χ1n) is 10.3. The number of nitrogens with one attached hydrogen (secondary N) is 1. The summed E-state index contributed by atoms with van der Waals surface area (Å²) in [5.74, 6) is 0.730. The first-order chi connectivity index (χ1) is 15.8. The largest absolute Gasteiger partial charge is 0.494 e. The summed E-state index contributed by atoms with van der Waals surface area (Å²) < 4.78 is 45.5. The number of alkyl halides is 3. The summed E-state index contributed by atoms with van der Waals surface area (Å²) in [4.78, 5) is 16.8. The first kappa shape index (κ1) is 22.3. The van der Waals surface area contributed by atoms with Crippen molar-refractivity contribution in [2.24, 2.45) is 5.10 Å². The van der Waals surface area contributed by atoms with Gasteiger partial charge in [0.05, 0.1) is 24.4 Å². The highest BCUT2D eigenvalue weighted by Gasteiger charge is 2.33. The van der Waals surface area contributed by atoms with Crippen molar-refractivity contribution < 1.29 is 22.7 Å². The summed E-state index contributed by atoms with van der Waals surface area (Å²) in [6.07, 6.45) is -0.620. The number of hydrazone groups is 1. The molecule has 4 rings (SSSR count). The van der Waals surface area contributed by atoms with Gasteiger partial charge in [-0.3, -0.25) is 0 Å². The number of nitrogens with zero attached hydrogens (tertiary/aromatic N) is 5. The number of hydrogen-bond donors (Lipinski definition) is 1. The van der Waals surface area contributed by atoms with E-state index in [0.29, 0.717) is 12.3 Å². The predicted molar refractivity (Wildman–Crippen MR) is 115 cm³/mol. The molecule has 0 fully saturated rings. The normalized spacial score (nSPS) is 15.9. The molecule has 0 saturated carbocycles. The van der Waals surface area contributed by atoms with Gasteiger partial charge in [-0.1, -0.05) is 6.92 Å². The van der Waals surface area contributed by atoms with Gasteiger partial charge in [0.2, 0.25) is 0 Å². The van der Waals surface area contributed by atoms with Crippen LogP contribution in [0.1, 0.15) is 30.5 Å². The number of amides is 2. The molecule has 1 atom stereocenters. The zero-order valence-electron chi connectivity index (χ0n) is 17.7. The highest BCUT2D eigenvalue weighted by Crippen LogP contribution is 2.30. The van der Waals surface area contributed by atoms with E-state index in [1.807, 2.05) is 31.2 Å². The topological polar surface area (TPSA) is 84.6 Å². The van der Waals surface area contributed by atoms with Gasteiger partial charge in [0.1, 0.15) is 24.4 Å². The summed E-state index contributed by atoms with van der Waals surface area (Å²) in [5, 5.41) is 12.4. The van der Waals surface area contributed by atoms with E-state index in [1.165, 1.54) is 29.8 Å². The van der Waals surface area contributed by atoms with Crippen molar-refractivity contribution in [2.45, 2.75) is 25.6 Å². The van der Waals surface area contributed by atoms with Crippen LogP contribution in [0.5, 0.6) is 5.75 Å². The lowest BCUT2D eigenvalue weighted by atomic mass is 10.0. The number of aromatic nitrogens is 3. The van der Waals surface area contributed by atoms with Crippen LogP contribution in [0.3, 0.4) is 0 Å². The van der Waals surface area contributed by atoms with Crippen LogP contribution in [-0.4, -0.2) is 44.7 Å². The SMILES string of the molecule is CCCOc1ccc(C2=NN(C(=O)Nc3ccc(C(F)(F)F)cc3)CC2n2cncn2)cc1. The Balaban J connectivity index is 1.53. The molecule has 1 aliphatic heterocycles. The van der Waals surface area contributed by atoms with Gasteiger partial charge in [-0.25, -0.2) is 19.5 Å². The van der Waals surface area contributed by atoms with Gasteiger partial charge in [-0.15, -0.1) is 0 Å². The van der Waals surface area contributed by atoms with E-state index in [4.69, 9.17) is 4.74 Å². The Kier molecular flexibility index (Phi) is 6.29. The summed E-state index contributed by atoms with van der Waals surface area (Å²) >= 11 is 0. The molecule has 0 bridgehead atoms. The van der Waals surface area contributed by atoms with E-state index in [0.717, 1.165) is 29.9 Å². The van der Waals surface area contributed by atoms with Gasteiger partial charge >= 0.3 is 12.2 Å². The van der Waals surface area contributed by atoms with Crippen LogP contribution >= 0.6 is 0 Å². The molecule has 172 valence electrons. The number of carbonyl (C=O) groups is 1. The summed E-state index contributed by atoms with van der Waals surface area (Å²) in [7, 11) is 0. The molecule has 1 N–H and O–H groups in total. The molecule has 8 nitrogen and oxygen atoms in total. The van der Waals surface area contributed by atoms with E-state index in [1.54, 1.807) is 4.68 Å². The van der Waals surface area contributed by atoms with Crippen molar-refractivity contribution in [1.82, 2.24) is 19.8 Å². The maximum absolute atomic E-state index is 12.8. The Morgan fingerprint density at radius 2 is 1.88 bits per heavy atom. The third-order valence-corrected chi connectivity index (χ3v) is 4.97. The van der Waals surface area contributed by atoms with Crippen molar-refractivity contribution >= 4 is 17.4 Å². The van der Waals surface area contributed by atoms with Crippen LogP contribution in [0.15, 0.2) is 66.3 Å². The fourth-order valence-electron chi connectivity index (χ4n) is 3.33. The lowest BCUT2D eigenvalue weighted by Gasteiger charge is -2.16. The average Bonchev–Trinajstić information content (AvgIpc) is 3.48. The van der Waals surface area contributed by atoms with E-state index in [2.05, 4.69) is 20.5 Å². The Hall–Kier alpha value is -3.89. The monoisotopic (exact) mass is 458 g/mol. The maximum Gasteiger partial charge on any atom is 0.416 e. The van der Waals surface area contributed by atoms with Gasteiger partial charge in [0, 0.05) is 11.3 Å². The van der Waals surface area contributed by atoms with Crippen LogP contribution in [-0.2, 0) is 6.18 Å².